The van der Waals surface area contributed by atoms with Gasteiger partial charge in [0.15, 0.2) is 0 Å². The summed E-state index contributed by atoms with van der Waals surface area (Å²) in [5.41, 5.74) is 2.37. The Morgan fingerprint density at radius 1 is 1.19 bits per heavy atom. The fourth-order valence-corrected chi connectivity index (χ4v) is 2.52. The maximum absolute atomic E-state index is 12.4. The Morgan fingerprint density at radius 3 is 2.67 bits per heavy atom. The number of carbonyl (C=O) groups excluding carboxylic acids is 2. The number of rotatable bonds is 2. The Kier molecular flexibility index (Phi) is 3.39. The molecule has 1 unspecified atom stereocenters. The summed E-state index contributed by atoms with van der Waals surface area (Å²) in [6.07, 6.45) is 3.30. The number of amides is 2. The third kappa shape index (κ3) is 2.38. The number of aryl methyl sites for hydroxylation is 1. The van der Waals surface area contributed by atoms with Crippen molar-refractivity contribution in [1.29, 1.82) is 0 Å². The van der Waals surface area contributed by atoms with Gasteiger partial charge in [0.25, 0.3) is 0 Å². The zero-order valence-electron chi connectivity index (χ0n) is 11.6. The van der Waals surface area contributed by atoms with Crippen molar-refractivity contribution in [2.75, 3.05) is 11.4 Å². The predicted octanol–water partition coefficient (Wildman–Crippen LogP) is 1.59. The molecule has 2 amide bonds. The van der Waals surface area contributed by atoms with Crippen molar-refractivity contribution in [3.05, 3.63) is 59.9 Å². The molecule has 21 heavy (non-hydrogen) atoms. The topological polar surface area (TPSA) is 62.3 Å². The number of aromatic nitrogens is 1. The molecule has 0 bridgehead atoms. The van der Waals surface area contributed by atoms with Crippen molar-refractivity contribution in [1.82, 2.24) is 10.3 Å². The van der Waals surface area contributed by atoms with E-state index in [9.17, 15) is 9.59 Å². The number of anilines is 1. The summed E-state index contributed by atoms with van der Waals surface area (Å²) in [5.74, 6) is -0.316. The lowest BCUT2D eigenvalue weighted by Gasteiger charge is -2.35. The first-order valence-corrected chi connectivity index (χ1v) is 6.74. The van der Waals surface area contributed by atoms with Crippen LogP contribution in [0.5, 0.6) is 0 Å². The lowest BCUT2D eigenvalue weighted by Crippen LogP contribution is -2.54. The summed E-state index contributed by atoms with van der Waals surface area (Å²) < 4.78 is 0. The minimum Gasteiger partial charge on any atom is -0.345 e. The first-order valence-electron chi connectivity index (χ1n) is 6.74. The fraction of sp³-hybridized carbons (Fsp3) is 0.188. The normalized spacial score (nSPS) is 18.5. The van der Waals surface area contributed by atoms with E-state index in [-0.39, 0.29) is 18.4 Å². The van der Waals surface area contributed by atoms with E-state index in [1.807, 2.05) is 43.3 Å². The zero-order chi connectivity index (χ0) is 14.8. The highest BCUT2D eigenvalue weighted by atomic mass is 16.2. The quantitative estimate of drug-likeness (QED) is 0.909. The largest absolute Gasteiger partial charge is 0.345 e. The molecule has 0 saturated carbocycles. The van der Waals surface area contributed by atoms with E-state index in [0.717, 1.165) is 11.1 Å². The highest BCUT2D eigenvalue weighted by Crippen LogP contribution is 2.31. The first-order chi connectivity index (χ1) is 10.2. The molecule has 0 spiro atoms. The lowest BCUT2D eigenvalue weighted by molar-refractivity contribution is -0.131. The van der Waals surface area contributed by atoms with Crippen molar-refractivity contribution in [2.45, 2.75) is 13.0 Å². The van der Waals surface area contributed by atoms with Gasteiger partial charge >= 0.3 is 0 Å². The van der Waals surface area contributed by atoms with Gasteiger partial charge in [-0.25, -0.2) is 0 Å². The molecule has 0 radical (unpaired) electrons. The van der Waals surface area contributed by atoms with Crippen molar-refractivity contribution in [3.8, 4) is 0 Å². The molecule has 1 aliphatic heterocycles. The van der Waals surface area contributed by atoms with Crippen LogP contribution in [-0.4, -0.2) is 23.3 Å². The van der Waals surface area contributed by atoms with Crippen molar-refractivity contribution < 1.29 is 9.59 Å². The Labute approximate surface area is 122 Å². The molecule has 1 N–H and O–H groups in total. The highest BCUT2D eigenvalue weighted by Gasteiger charge is 2.37. The lowest BCUT2D eigenvalue weighted by atomic mass is 10.0. The summed E-state index contributed by atoms with van der Waals surface area (Å²) >= 11 is 0. The number of nitrogens with zero attached hydrogens (tertiary/aromatic N) is 2. The second kappa shape index (κ2) is 5.36. The SMILES string of the molecule is Cc1ccncc1N1C(=O)CNC(=O)C1c1ccccc1. The average Bonchev–Trinajstić information content (AvgIpc) is 2.51. The molecule has 1 aromatic heterocycles. The summed E-state index contributed by atoms with van der Waals surface area (Å²) in [6.45, 7) is 1.91. The number of benzene rings is 1. The maximum Gasteiger partial charge on any atom is 0.248 e. The zero-order valence-corrected chi connectivity index (χ0v) is 11.6. The van der Waals surface area contributed by atoms with E-state index in [2.05, 4.69) is 10.3 Å². The van der Waals surface area contributed by atoms with Crippen LogP contribution in [0.15, 0.2) is 48.8 Å². The number of pyridine rings is 1. The molecule has 106 valence electrons. The van der Waals surface area contributed by atoms with Gasteiger partial charge in [-0.1, -0.05) is 30.3 Å². The van der Waals surface area contributed by atoms with E-state index in [4.69, 9.17) is 0 Å². The average molecular weight is 281 g/mol. The predicted molar refractivity (Wildman–Crippen MR) is 78.7 cm³/mol. The molecule has 0 aliphatic carbocycles. The van der Waals surface area contributed by atoms with Gasteiger partial charge in [-0.3, -0.25) is 19.5 Å². The minimum absolute atomic E-state index is 0.0104. The molecule has 2 aromatic rings. The number of carbonyl (C=O) groups is 2. The molecule has 5 nitrogen and oxygen atoms in total. The molecule has 1 atom stereocenters. The summed E-state index contributed by atoms with van der Waals surface area (Å²) in [7, 11) is 0. The number of hydrogen-bond donors (Lipinski definition) is 1. The molecule has 1 saturated heterocycles. The van der Waals surface area contributed by atoms with Gasteiger partial charge in [0.1, 0.15) is 6.04 Å². The Hall–Kier alpha value is -2.69. The molecule has 1 fully saturated rings. The van der Waals surface area contributed by atoms with Crippen LogP contribution >= 0.6 is 0 Å². The third-order valence-corrected chi connectivity index (χ3v) is 3.58. The fourth-order valence-electron chi connectivity index (χ4n) is 2.52. The molecule has 2 heterocycles. The van der Waals surface area contributed by atoms with Crippen LogP contribution in [0.1, 0.15) is 17.2 Å². The molecule has 5 heteroatoms. The minimum atomic E-state index is -0.657. The molecule has 3 rings (SSSR count). The van der Waals surface area contributed by atoms with Gasteiger partial charge in [0, 0.05) is 6.20 Å². The van der Waals surface area contributed by atoms with E-state index in [0.29, 0.717) is 5.69 Å². The highest BCUT2D eigenvalue weighted by molar-refractivity contribution is 6.07. The summed E-state index contributed by atoms with van der Waals surface area (Å²) in [4.78, 5) is 30.3. The second-order valence-electron chi connectivity index (χ2n) is 4.96. The van der Waals surface area contributed by atoms with Crippen LogP contribution in [0.4, 0.5) is 5.69 Å². The van der Waals surface area contributed by atoms with Crippen LogP contribution in [0.25, 0.3) is 0 Å². The Morgan fingerprint density at radius 2 is 1.95 bits per heavy atom. The van der Waals surface area contributed by atoms with E-state index < -0.39 is 6.04 Å². The third-order valence-electron chi connectivity index (χ3n) is 3.58. The van der Waals surface area contributed by atoms with E-state index in [1.54, 1.807) is 12.4 Å². The van der Waals surface area contributed by atoms with Crippen molar-refractivity contribution in [3.63, 3.8) is 0 Å². The van der Waals surface area contributed by atoms with Gasteiger partial charge in [-0.05, 0) is 24.1 Å². The summed E-state index contributed by atoms with van der Waals surface area (Å²) in [5, 5.41) is 2.65. The molecule has 1 aliphatic rings. The van der Waals surface area contributed by atoms with Gasteiger partial charge < -0.3 is 5.32 Å². The van der Waals surface area contributed by atoms with Crippen LogP contribution in [0.2, 0.25) is 0 Å². The van der Waals surface area contributed by atoms with Gasteiger partial charge in [-0.2, -0.15) is 0 Å². The molecule has 1 aromatic carbocycles. The summed E-state index contributed by atoms with van der Waals surface area (Å²) in [6, 6.07) is 10.5. The van der Waals surface area contributed by atoms with Crippen LogP contribution in [0.3, 0.4) is 0 Å². The van der Waals surface area contributed by atoms with E-state index >= 15 is 0 Å². The molecular weight excluding hydrogens is 266 g/mol. The van der Waals surface area contributed by atoms with E-state index in [1.165, 1.54) is 4.90 Å². The van der Waals surface area contributed by atoms with Gasteiger partial charge in [0.05, 0.1) is 18.4 Å². The number of piperazine rings is 1. The van der Waals surface area contributed by atoms with Crippen LogP contribution < -0.4 is 10.2 Å². The molecular formula is C16H15N3O2. The van der Waals surface area contributed by atoms with Crippen LogP contribution in [0, 0.1) is 6.92 Å². The smallest absolute Gasteiger partial charge is 0.248 e. The van der Waals surface area contributed by atoms with Crippen molar-refractivity contribution in [2.24, 2.45) is 0 Å². The standard InChI is InChI=1S/C16H15N3O2/c1-11-7-8-17-9-13(11)19-14(20)10-18-16(21)15(19)12-5-3-2-4-6-12/h2-9,15H,10H2,1H3,(H,18,21). The van der Waals surface area contributed by atoms with Gasteiger partial charge in [-0.15, -0.1) is 0 Å². The number of nitrogens with one attached hydrogen (secondary N) is 1. The van der Waals surface area contributed by atoms with Gasteiger partial charge in [0.2, 0.25) is 11.8 Å². The van der Waals surface area contributed by atoms with Crippen LogP contribution in [-0.2, 0) is 9.59 Å². The Bertz CT molecular complexity index is 685. The monoisotopic (exact) mass is 281 g/mol. The number of hydrogen-bond acceptors (Lipinski definition) is 3. The first kappa shape index (κ1) is 13.3. The second-order valence-corrected chi connectivity index (χ2v) is 4.96. The Balaban J connectivity index is 2.11. The van der Waals surface area contributed by atoms with Crippen molar-refractivity contribution >= 4 is 17.5 Å². The maximum atomic E-state index is 12.4.